The minimum Gasteiger partial charge on any atom is -0.488 e. The Bertz CT molecular complexity index is 1230. The Morgan fingerprint density at radius 3 is 2.18 bits per heavy atom. The van der Waals surface area contributed by atoms with Crippen molar-refractivity contribution >= 4 is 16.7 Å². The van der Waals surface area contributed by atoms with E-state index >= 15 is 0 Å². The first-order valence-corrected chi connectivity index (χ1v) is 11.5. The highest BCUT2D eigenvalue weighted by molar-refractivity contribution is 5.93. The predicted molar refractivity (Wildman–Crippen MR) is 135 cm³/mol. The number of ether oxygens (including phenoxy) is 1. The maximum atomic E-state index is 5.95. The molecule has 1 aliphatic heterocycles. The number of aromatic amines is 1. The van der Waals surface area contributed by atoms with Crippen molar-refractivity contribution in [1.82, 2.24) is 20.1 Å². The summed E-state index contributed by atoms with van der Waals surface area (Å²) in [4.78, 5) is 9.43. The van der Waals surface area contributed by atoms with Gasteiger partial charge in [0.2, 0.25) is 0 Å². The van der Waals surface area contributed by atoms with E-state index in [0.29, 0.717) is 0 Å². The summed E-state index contributed by atoms with van der Waals surface area (Å²) >= 11 is 0. The third-order valence-corrected chi connectivity index (χ3v) is 6.05. The van der Waals surface area contributed by atoms with Crippen LogP contribution in [0.2, 0.25) is 0 Å². The molecule has 4 aromatic rings. The van der Waals surface area contributed by atoms with Crippen LogP contribution in [0.4, 0.5) is 5.69 Å². The largest absolute Gasteiger partial charge is 0.488 e. The second kappa shape index (κ2) is 8.52. The van der Waals surface area contributed by atoms with Crippen molar-refractivity contribution in [3.63, 3.8) is 0 Å². The number of hydrogen-bond donors (Lipinski definition) is 1. The van der Waals surface area contributed by atoms with Gasteiger partial charge >= 0.3 is 0 Å². The Labute approximate surface area is 195 Å². The summed E-state index contributed by atoms with van der Waals surface area (Å²) in [7, 11) is 2.18. The molecule has 1 fully saturated rings. The Balaban J connectivity index is 1.40. The van der Waals surface area contributed by atoms with Gasteiger partial charge in [-0.2, -0.15) is 5.10 Å². The summed E-state index contributed by atoms with van der Waals surface area (Å²) in [5.41, 5.74) is 6.05. The number of nitrogens with one attached hydrogen (secondary N) is 1. The highest BCUT2D eigenvalue weighted by Crippen LogP contribution is 2.31. The summed E-state index contributed by atoms with van der Waals surface area (Å²) in [5.74, 6) is 0.856. The predicted octanol–water partition coefficient (Wildman–Crippen LogP) is 5.22. The van der Waals surface area contributed by atoms with Gasteiger partial charge < -0.3 is 14.5 Å². The van der Waals surface area contributed by atoms with Crippen LogP contribution in [0.1, 0.15) is 20.8 Å². The smallest absolute Gasteiger partial charge is 0.181 e. The van der Waals surface area contributed by atoms with E-state index in [1.807, 2.05) is 39.1 Å². The second-order valence-electron chi connectivity index (χ2n) is 9.77. The van der Waals surface area contributed by atoms with Gasteiger partial charge in [0.1, 0.15) is 11.4 Å². The molecule has 33 heavy (non-hydrogen) atoms. The van der Waals surface area contributed by atoms with Crippen LogP contribution in [0.5, 0.6) is 5.75 Å². The molecule has 0 aliphatic carbocycles. The molecule has 0 unspecified atom stereocenters. The fraction of sp³-hybridized carbons (Fsp3) is 0.333. The van der Waals surface area contributed by atoms with Gasteiger partial charge in [-0.25, -0.2) is 4.98 Å². The summed E-state index contributed by atoms with van der Waals surface area (Å²) in [6.45, 7) is 10.5. The first-order valence-electron chi connectivity index (χ1n) is 11.5. The molecule has 5 rings (SSSR count). The summed E-state index contributed by atoms with van der Waals surface area (Å²) in [6.07, 6.45) is 1.90. The van der Waals surface area contributed by atoms with Gasteiger partial charge in [0, 0.05) is 54.6 Å². The van der Waals surface area contributed by atoms with E-state index in [2.05, 4.69) is 74.5 Å². The zero-order chi connectivity index (χ0) is 23.0. The molecule has 0 bridgehead atoms. The van der Waals surface area contributed by atoms with Crippen molar-refractivity contribution in [2.45, 2.75) is 26.4 Å². The number of aromatic nitrogens is 3. The normalized spacial score (nSPS) is 15.2. The third kappa shape index (κ3) is 4.71. The lowest BCUT2D eigenvalue weighted by atomic mass is 10.0. The third-order valence-electron chi connectivity index (χ3n) is 6.05. The Morgan fingerprint density at radius 2 is 1.52 bits per heavy atom. The highest BCUT2D eigenvalue weighted by Gasteiger charge is 2.16. The molecular weight excluding hydrogens is 410 g/mol. The van der Waals surface area contributed by atoms with E-state index in [-0.39, 0.29) is 5.60 Å². The molecule has 0 amide bonds. The number of hydrogen-bond acceptors (Lipinski definition) is 5. The number of benzene rings is 2. The van der Waals surface area contributed by atoms with Crippen LogP contribution in [0.15, 0.2) is 60.8 Å². The SMILES string of the molecule is CN1CCN(c2ccc(-c3cnc4n[nH]c(-c5ccc(OC(C)(C)C)cc5)c4c3)cc2)CC1. The minimum atomic E-state index is -0.221. The molecule has 3 heterocycles. The van der Waals surface area contributed by atoms with Crippen LogP contribution in [0.25, 0.3) is 33.4 Å². The van der Waals surface area contributed by atoms with E-state index in [0.717, 1.165) is 65.3 Å². The van der Waals surface area contributed by atoms with Crippen molar-refractivity contribution in [1.29, 1.82) is 0 Å². The van der Waals surface area contributed by atoms with Gasteiger partial charge in [0.05, 0.1) is 5.69 Å². The monoisotopic (exact) mass is 441 g/mol. The van der Waals surface area contributed by atoms with E-state index in [1.54, 1.807) is 0 Å². The highest BCUT2D eigenvalue weighted by atomic mass is 16.5. The van der Waals surface area contributed by atoms with Crippen molar-refractivity contribution in [2.75, 3.05) is 38.1 Å². The van der Waals surface area contributed by atoms with Gasteiger partial charge in [-0.05, 0) is 75.8 Å². The lowest BCUT2D eigenvalue weighted by Crippen LogP contribution is -2.44. The van der Waals surface area contributed by atoms with Crippen LogP contribution in [-0.2, 0) is 0 Å². The molecule has 0 spiro atoms. The molecular formula is C27H31N5O. The van der Waals surface area contributed by atoms with Crippen LogP contribution in [0, 0.1) is 0 Å². The second-order valence-corrected chi connectivity index (χ2v) is 9.77. The molecule has 170 valence electrons. The van der Waals surface area contributed by atoms with Crippen molar-refractivity contribution in [3.05, 3.63) is 60.8 Å². The standard InChI is InChI=1S/C27H31N5O/c1-27(2,3)33-23-11-7-20(8-12-23)25-24-17-21(18-28-26(24)30-29-25)19-5-9-22(10-6-19)32-15-13-31(4)14-16-32/h5-12,17-18H,13-16H2,1-4H3,(H,28,29,30). The molecule has 6 nitrogen and oxygen atoms in total. The minimum absolute atomic E-state index is 0.221. The van der Waals surface area contributed by atoms with Crippen LogP contribution in [0.3, 0.4) is 0 Å². The van der Waals surface area contributed by atoms with Gasteiger partial charge in [0.25, 0.3) is 0 Å². The Hall–Kier alpha value is -3.38. The molecule has 6 heteroatoms. The molecule has 2 aromatic carbocycles. The number of anilines is 1. The first kappa shape index (κ1) is 21.5. The van der Waals surface area contributed by atoms with E-state index in [1.165, 1.54) is 5.69 Å². The maximum Gasteiger partial charge on any atom is 0.181 e. The number of H-pyrrole nitrogens is 1. The summed E-state index contributed by atoms with van der Waals surface area (Å²) in [5, 5.41) is 8.60. The Kier molecular flexibility index (Phi) is 5.54. The zero-order valence-electron chi connectivity index (χ0n) is 19.8. The van der Waals surface area contributed by atoms with Crippen molar-refractivity contribution in [3.8, 4) is 28.1 Å². The average Bonchev–Trinajstić information content (AvgIpc) is 3.22. The van der Waals surface area contributed by atoms with E-state index in [9.17, 15) is 0 Å². The van der Waals surface area contributed by atoms with E-state index < -0.39 is 0 Å². The fourth-order valence-electron chi connectivity index (χ4n) is 4.25. The number of likely N-dealkylation sites (N-methyl/N-ethyl adjacent to an activating group) is 1. The lowest BCUT2D eigenvalue weighted by Gasteiger charge is -2.34. The molecule has 0 radical (unpaired) electrons. The van der Waals surface area contributed by atoms with E-state index in [4.69, 9.17) is 4.74 Å². The van der Waals surface area contributed by atoms with Gasteiger partial charge in [0.15, 0.2) is 5.65 Å². The average molecular weight is 442 g/mol. The van der Waals surface area contributed by atoms with Crippen molar-refractivity contribution < 1.29 is 4.74 Å². The number of pyridine rings is 1. The Morgan fingerprint density at radius 1 is 0.848 bits per heavy atom. The van der Waals surface area contributed by atoms with Gasteiger partial charge in [-0.15, -0.1) is 0 Å². The number of fused-ring (bicyclic) bond motifs is 1. The number of rotatable bonds is 4. The van der Waals surface area contributed by atoms with Gasteiger partial charge in [-0.1, -0.05) is 12.1 Å². The zero-order valence-corrected chi connectivity index (χ0v) is 19.8. The summed E-state index contributed by atoms with van der Waals surface area (Å²) < 4.78 is 5.95. The molecule has 0 atom stereocenters. The van der Waals surface area contributed by atoms with Gasteiger partial charge in [-0.3, -0.25) is 5.10 Å². The summed E-state index contributed by atoms with van der Waals surface area (Å²) in [6, 6.07) is 19.1. The van der Waals surface area contributed by atoms with Crippen molar-refractivity contribution in [2.24, 2.45) is 0 Å². The molecule has 1 N–H and O–H groups in total. The first-order chi connectivity index (χ1) is 15.9. The van der Waals surface area contributed by atoms with Crippen LogP contribution < -0.4 is 9.64 Å². The quantitative estimate of drug-likeness (QED) is 0.470. The van der Waals surface area contributed by atoms with Crippen LogP contribution in [-0.4, -0.2) is 58.9 Å². The maximum absolute atomic E-state index is 5.95. The topological polar surface area (TPSA) is 57.3 Å². The molecule has 2 aromatic heterocycles. The lowest BCUT2D eigenvalue weighted by molar-refractivity contribution is 0.131. The molecule has 1 aliphatic rings. The number of piperazine rings is 1. The molecule has 1 saturated heterocycles. The number of nitrogens with zero attached hydrogens (tertiary/aromatic N) is 4. The molecule has 0 saturated carbocycles. The van der Waals surface area contributed by atoms with Crippen LogP contribution >= 0.6 is 0 Å². The fourth-order valence-corrected chi connectivity index (χ4v) is 4.25.